The van der Waals surface area contributed by atoms with Gasteiger partial charge in [0.1, 0.15) is 0 Å². The molecule has 0 aliphatic carbocycles. The Morgan fingerprint density at radius 1 is 0.408 bits per heavy atom. The van der Waals surface area contributed by atoms with E-state index in [2.05, 4.69) is 170 Å². The van der Waals surface area contributed by atoms with Crippen molar-refractivity contribution in [1.82, 2.24) is 15.0 Å². The van der Waals surface area contributed by atoms with Crippen LogP contribution >= 0.6 is 10.0 Å². The highest BCUT2D eigenvalue weighted by molar-refractivity contribution is 8.33. The predicted molar refractivity (Wildman–Crippen MR) is 206 cm³/mol. The monoisotopic (exact) mass is 647 g/mol. The zero-order chi connectivity index (χ0) is 33.0. The van der Waals surface area contributed by atoms with Crippen LogP contribution in [0.5, 0.6) is 0 Å². The number of benzene rings is 6. The van der Waals surface area contributed by atoms with E-state index < -0.39 is 10.0 Å². The third kappa shape index (κ3) is 5.04. The van der Waals surface area contributed by atoms with Gasteiger partial charge in [0.2, 0.25) is 0 Å². The molecule has 1 aliphatic heterocycles. The molecule has 0 unspecified atom stereocenters. The molecule has 0 atom stereocenters. The summed E-state index contributed by atoms with van der Waals surface area (Å²) in [6.07, 6.45) is 4.79. The Bertz CT molecular complexity index is 2450. The predicted octanol–water partition coefficient (Wildman–Crippen LogP) is 11.8. The van der Waals surface area contributed by atoms with Crippen LogP contribution in [0.4, 0.5) is 0 Å². The molecular weight excluding hydrogens is 615 g/mol. The van der Waals surface area contributed by atoms with Crippen LogP contribution in [0, 0.1) is 0 Å². The lowest BCUT2D eigenvalue weighted by Gasteiger charge is -2.28. The summed E-state index contributed by atoms with van der Waals surface area (Å²) in [6, 6.07) is 57.7. The van der Waals surface area contributed by atoms with Crippen molar-refractivity contribution in [3.05, 3.63) is 164 Å². The zero-order valence-electron chi connectivity index (χ0n) is 27.3. The van der Waals surface area contributed by atoms with E-state index in [0.717, 1.165) is 61.4 Å². The fourth-order valence-electron chi connectivity index (χ4n) is 7.09. The van der Waals surface area contributed by atoms with Gasteiger partial charge in [0, 0.05) is 43.0 Å². The average Bonchev–Trinajstić information content (AvgIpc) is 3.41. The lowest BCUT2D eigenvalue weighted by Crippen LogP contribution is -1.98. The molecule has 0 saturated heterocycles. The summed E-state index contributed by atoms with van der Waals surface area (Å²) < 4.78 is 0. The molecule has 0 spiro atoms. The van der Waals surface area contributed by atoms with Gasteiger partial charge < -0.3 is 0 Å². The van der Waals surface area contributed by atoms with Crippen LogP contribution in [0.3, 0.4) is 0 Å². The van der Waals surface area contributed by atoms with Crippen molar-refractivity contribution >= 4 is 20.9 Å². The Morgan fingerprint density at radius 2 is 1.00 bits per heavy atom. The summed E-state index contributed by atoms with van der Waals surface area (Å²) in [4.78, 5) is 18.7. The number of hydrogen-bond acceptors (Lipinski definition) is 3. The number of pyridine rings is 1. The number of fused-ring (bicyclic) bond motifs is 5. The summed E-state index contributed by atoms with van der Waals surface area (Å²) in [5, 5.41) is 1.07. The third-order valence-corrected chi connectivity index (χ3v) is 12.4. The molecule has 6 aromatic carbocycles. The smallest absolute Gasteiger partial charge is 0.160 e. The first-order chi connectivity index (χ1) is 24.0. The van der Waals surface area contributed by atoms with Gasteiger partial charge in [-0.15, -0.1) is 0 Å². The van der Waals surface area contributed by atoms with Crippen molar-refractivity contribution in [3.63, 3.8) is 0 Å². The molecular formula is C45H33N3S. The molecule has 0 N–H and O–H groups in total. The van der Waals surface area contributed by atoms with Crippen molar-refractivity contribution in [2.45, 2.75) is 9.79 Å². The van der Waals surface area contributed by atoms with E-state index in [-0.39, 0.29) is 0 Å². The molecule has 0 amide bonds. The molecule has 4 heteroatoms. The standard InChI is InChI=1S/C45H33N3S/c1-49(2)40-24-13-12-23-36(40)42-41(49)26-25-37-43(32-19-10-5-11-20-32)47-45(48-44(37)42)34-22-14-21-33(27-34)39-29-35(30-15-6-3-7-16-30)28-38(46-39)31-17-8-4-9-18-31/h3-29H,1-2H3. The number of rotatable bonds is 5. The number of aromatic nitrogens is 3. The van der Waals surface area contributed by atoms with Gasteiger partial charge in [0.15, 0.2) is 5.82 Å². The minimum atomic E-state index is -1.18. The minimum Gasteiger partial charge on any atom is -0.248 e. The first-order valence-corrected chi connectivity index (χ1v) is 19.0. The molecule has 0 saturated carbocycles. The summed E-state index contributed by atoms with van der Waals surface area (Å²) in [6.45, 7) is 0. The molecule has 3 heterocycles. The quantitative estimate of drug-likeness (QED) is 0.187. The van der Waals surface area contributed by atoms with E-state index in [1.54, 1.807) is 0 Å². The maximum Gasteiger partial charge on any atom is 0.160 e. The highest BCUT2D eigenvalue weighted by atomic mass is 32.3. The van der Waals surface area contributed by atoms with Crippen LogP contribution in [-0.2, 0) is 0 Å². The second kappa shape index (κ2) is 11.7. The van der Waals surface area contributed by atoms with E-state index >= 15 is 0 Å². The van der Waals surface area contributed by atoms with Crippen molar-refractivity contribution in [2.24, 2.45) is 0 Å². The van der Waals surface area contributed by atoms with Crippen LogP contribution in [0.15, 0.2) is 174 Å². The summed E-state index contributed by atoms with van der Waals surface area (Å²) in [5.41, 5.74) is 12.8. The van der Waals surface area contributed by atoms with Crippen LogP contribution < -0.4 is 0 Å². The normalized spacial score (nSPS) is 13.5. The Morgan fingerprint density at radius 3 is 1.73 bits per heavy atom. The highest BCUT2D eigenvalue weighted by Gasteiger charge is 2.34. The van der Waals surface area contributed by atoms with Gasteiger partial charge in [-0.05, 0) is 65.6 Å². The van der Waals surface area contributed by atoms with E-state index in [0.29, 0.717) is 5.82 Å². The number of hydrogen-bond donors (Lipinski definition) is 0. The van der Waals surface area contributed by atoms with Gasteiger partial charge in [-0.2, -0.15) is 10.0 Å². The minimum absolute atomic E-state index is 0.710. The Balaban J connectivity index is 1.26. The molecule has 0 fully saturated rings. The Labute approximate surface area is 288 Å². The maximum absolute atomic E-state index is 5.41. The van der Waals surface area contributed by atoms with Crippen molar-refractivity contribution in [1.29, 1.82) is 0 Å². The maximum atomic E-state index is 5.41. The van der Waals surface area contributed by atoms with Gasteiger partial charge in [-0.3, -0.25) is 0 Å². The molecule has 8 aromatic rings. The average molecular weight is 648 g/mol. The largest absolute Gasteiger partial charge is 0.248 e. The van der Waals surface area contributed by atoms with Gasteiger partial charge in [-0.1, -0.05) is 127 Å². The SMILES string of the molecule is CS1(C)c2ccccc2-c2c1ccc1c(-c3ccccc3)nc(-c3cccc(-c4cc(-c5ccccc5)cc(-c5ccccc5)n4)c3)nc21. The fraction of sp³-hybridized carbons (Fsp3) is 0.0444. The second-order valence-electron chi connectivity index (χ2n) is 12.9. The Kier molecular flexibility index (Phi) is 6.99. The van der Waals surface area contributed by atoms with Gasteiger partial charge in [0.25, 0.3) is 0 Å². The zero-order valence-corrected chi connectivity index (χ0v) is 28.2. The van der Waals surface area contributed by atoms with Gasteiger partial charge >= 0.3 is 0 Å². The lowest BCUT2D eigenvalue weighted by atomic mass is 9.98. The molecule has 1 aliphatic rings. The van der Waals surface area contributed by atoms with E-state index in [9.17, 15) is 0 Å². The van der Waals surface area contributed by atoms with Crippen molar-refractivity contribution in [2.75, 3.05) is 12.5 Å². The summed E-state index contributed by atoms with van der Waals surface area (Å²) >= 11 is 0. The fourth-order valence-corrected chi connectivity index (χ4v) is 9.60. The molecule has 234 valence electrons. The topological polar surface area (TPSA) is 38.7 Å². The first kappa shape index (κ1) is 29.3. The van der Waals surface area contributed by atoms with Gasteiger partial charge in [-0.25, -0.2) is 15.0 Å². The van der Waals surface area contributed by atoms with Crippen molar-refractivity contribution < 1.29 is 0 Å². The van der Waals surface area contributed by atoms with Crippen LogP contribution in [0.1, 0.15) is 0 Å². The van der Waals surface area contributed by atoms with E-state index in [1.807, 2.05) is 6.07 Å². The molecule has 49 heavy (non-hydrogen) atoms. The summed E-state index contributed by atoms with van der Waals surface area (Å²) in [5.74, 6) is 0.710. The number of nitrogens with zero attached hydrogens (tertiary/aromatic N) is 3. The molecule has 9 rings (SSSR count). The second-order valence-corrected chi connectivity index (χ2v) is 16.4. The molecule has 3 nitrogen and oxygen atoms in total. The van der Waals surface area contributed by atoms with Crippen LogP contribution in [0.2, 0.25) is 0 Å². The van der Waals surface area contributed by atoms with Crippen LogP contribution in [-0.4, -0.2) is 27.5 Å². The first-order valence-electron chi connectivity index (χ1n) is 16.5. The molecule has 0 bridgehead atoms. The summed E-state index contributed by atoms with van der Waals surface area (Å²) in [7, 11) is -1.18. The highest BCUT2D eigenvalue weighted by Crippen LogP contribution is 2.68. The Hall–Kier alpha value is -5.84. The molecule has 0 radical (unpaired) electrons. The van der Waals surface area contributed by atoms with Crippen LogP contribution in [0.25, 0.3) is 78.3 Å². The van der Waals surface area contributed by atoms with Gasteiger partial charge in [0.05, 0.1) is 22.6 Å². The van der Waals surface area contributed by atoms with Crippen molar-refractivity contribution in [3.8, 4) is 67.4 Å². The third-order valence-electron chi connectivity index (χ3n) is 9.55. The molecule has 2 aromatic heterocycles. The van der Waals surface area contributed by atoms with E-state index in [4.69, 9.17) is 15.0 Å². The lowest BCUT2D eigenvalue weighted by molar-refractivity contribution is 1.22. The van der Waals surface area contributed by atoms with E-state index in [1.165, 1.54) is 20.9 Å².